The van der Waals surface area contributed by atoms with Crippen molar-refractivity contribution in [2.24, 2.45) is 0 Å². The monoisotopic (exact) mass is 240 g/mol. The van der Waals surface area contributed by atoms with Gasteiger partial charge in [-0.05, 0) is 21.8 Å². The highest BCUT2D eigenvalue weighted by Crippen LogP contribution is 2.32. The molecular weight excluding hydrogens is 218 g/mol. The Labute approximate surface area is 98.6 Å². The van der Waals surface area contributed by atoms with Gasteiger partial charge in [-0.1, -0.05) is 52.8 Å². The van der Waals surface area contributed by atoms with E-state index in [1.54, 1.807) is 0 Å². The van der Waals surface area contributed by atoms with Gasteiger partial charge in [0.2, 0.25) is 0 Å². The number of hydrogen-bond donors (Lipinski definition) is 0. The van der Waals surface area contributed by atoms with Gasteiger partial charge in [0.1, 0.15) is 0 Å². The molecule has 0 aliphatic rings. The van der Waals surface area contributed by atoms with Gasteiger partial charge in [-0.25, -0.2) is 0 Å². The van der Waals surface area contributed by atoms with Crippen LogP contribution in [0.25, 0.3) is 0 Å². The van der Waals surface area contributed by atoms with Crippen LogP contribution in [0, 0.1) is 0 Å². The molecule has 0 heterocycles. The molecule has 0 amide bonds. The Kier molecular flexibility index (Phi) is 3.64. The summed E-state index contributed by atoms with van der Waals surface area (Å²) >= 11 is 0. The lowest BCUT2D eigenvalue weighted by Gasteiger charge is -2.28. The van der Waals surface area contributed by atoms with E-state index in [-0.39, 0.29) is 10.6 Å². The lowest BCUT2D eigenvalue weighted by molar-refractivity contribution is 0.592. The van der Waals surface area contributed by atoms with Crippen LogP contribution in [0.2, 0.25) is 0 Å². The molecule has 0 aliphatic carbocycles. The Balaban J connectivity index is 3.37. The largest absolute Gasteiger partial charge is 0.127 e. The Morgan fingerprint density at radius 3 is 1.80 bits per heavy atom. The van der Waals surface area contributed by atoms with Crippen molar-refractivity contribution in [1.82, 2.24) is 0 Å². The number of rotatable bonds is 1. The van der Waals surface area contributed by atoms with Gasteiger partial charge in [-0.2, -0.15) is 0 Å². The summed E-state index contributed by atoms with van der Waals surface area (Å²) < 4.78 is 0. The standard InChI is InChI=1S/C13H22P2/c1-12(2,3)9-7-6-8-10(11(9)14)13(4,5)15/h6-8H,14-15H2,1-5H3. The fourth-order valence-corrected chi connectivity index (χ4v) is 3.20. The molecule has 0 aliphatic heterocycles. The first kappa shape index (κ1) is 13.1. The van der Waals surface area contributed by atoms with Gasteiger partial charge in [-0.3, -0.25) is 0 Å². The molecule has 0 nitrogen and oxygen atoms in total. The molecule has 0 N–H and O–H groups in total. The van der Waals surface area contributed by atoms with Crippen molar-refractivity contribution in [3.63, 3.8) is 0 Å². The van der Waals surface area contributed by atoms with Gasteiger partial charge in [0, 0.05) is 5.16 Å². The molecule has 0 spiro atoms. The maximum absolute atomic E-state index is 2.91. The summed E-state index contributed by atoms with van der Waals surface area (Å²) in [5, 5.41) is 1.49. The lowest BCUT2D eigenvalue weighted by atomic mass is 9.84. The van der Waals surface area contributed by atoms with Crippen LogP contribution in [-0.4, -0.2) is 0 Å². The average Bonchev–Trinajstić information content (AvgIpc) is 1.99. The summed E-state index contributed by atoms with van der Waals surface area (Å²) in [6.45, 7) is 11.2. The van der Waals surface area contributed by atoms with E-state index >= 15 is 0 Å². The minimum Gasteiger partial charge on any atom is -0.127 e. The van der Waals surface area contributed by atoms with Crippen molar-refractivity contribution >= 4 is 23.8 Å². The highest BCUT2D eigenvalue weighted by molar-refractivity contribution is 7.28. The predicted molar refractivity (Wildman–Crippen MR) is 77.2 cm³/mol. The fraction of sp³-hybridized carbons (Fsp3) is 0.538. The molecule has 0 aromatic heterocycles. The summed E-state index contributed by atoms with van der Waals surface area (Å²) in [5.41, 5.74) is 3.02. The molecule has 0 saturated carbocycles. The van der Waals surface area contributed by atoms with E-state index in [9.17, 15) is 0 Å². The van der Waals surface area contributed by atoms with E-state index in [1.165, 1.54) is 16.4 Å². The zero-order valence-electron chi connectivity index (χ0n) is 10.4. The molecule has 0 bridgehead atoms. The van der Waals surface area contributed by atoms with Crippen molar-refractivity contribution in [1.29, 1.82) is 0 Å². The van der Waals surface area contributed by atoms with E-state index in [1.807, 2.05) is 0 Å². The summed E-state index contributed by atoms with van der Waals surface area (Å²) in [6, 6.07) is 6.60. The van der Waals surface area contributed by atoms with Crippen LogP contribution < -0.4 is 5.30 Å². The van der Waals surface area contributed by atoms with Gasteiger partial charge in [0.25, 0.3) is 0 Å². The Hall–Kier alpha value is 0.0800. The van der Waals surface area contributed by atoms with Gasteiger partial charge < -0.3 is 0 Å². The molecule has 15 heavy (non-hydrogen) atoms. The first-order valence-electron chi connectivity index (χ1n) is 5.32. The third-order valence-electron chi connectivity index (χ3n) is 2.61. The van der Waals surface area contributed by atoms with Crippen molar-refractivity contribution in [2.75, 3.05) is 0 Å². The smallest absolute Gasteiger partial charge is 0.00475 e. The van der Waals surface area contributed by atoms with Crippen LogP contribution in [0.1, 0.15) is 45.7 Å². The summed E-state index contributed by atoms with van der Waals surface area (Å²) in [7, 11) is 5.82. The summed E-state index contributed by atoms with van der Waals surface area (Å²) in [4.78, 5) is 0. The third-order valence-corrected chi connectivity index (χ3v) is 3.54. The fourth-order valence-electron chi connectivity index (χ4n) is 1.78. The second kappa shape index (κ2) is 4.15. The SMILES string of the molecule is CC(C)(C)c1cccc(C(C)(C)P)c1P. The van der Waals surface area contributed by atoms with Crippen molar-refractivity contribution in [2.45, 2.75) is 45.2 Å². The molecule has 84 valence electrons. The summed E-state index contributed by atoms with van der Waals surface area (Å²) in [5.74, 6) is 0. The van der Waals surface area contributed by atoms with Crippen molar-refractivity contribution < 1.29 is 0 Å². The quantitative estimate of drug-likeness (QED) is 0.658. The van der Waals surface area contributed by atoms with Gasteiger partial charge in [0.15, 0.2) is 0 Å². The van der Waals surface area contributed by atoms with Crippen molar-refractivity contribution in [3.05, 3.63) is 29.3 Å². The topological polar surface area (TPSA) is 0 Å². The zero-order chi connectivity index (χ0) is 11.9. The van der Waals surface area contributed by atoms with E-state index in [0.29, 0.717) is 0 Å². The van der Waals surface area contributed by atoms with E-state index in [4.69, 9.17) is 0 Å². The Morgan fingerprint density at radius 1 is 0.933 bits per heavy atom. The minimum atomic E-state index is 0.137. The maximum atomic E-state index is 2.91. The maximum Gasteiger partial charge on any atom is 0.00475 e. The number of benzene rings is 1. The van der Waals surface area contributed by atoms with Crippen molar-refractivity contribution in [3.8, 4) is 0 Å². The first-order valence-corrected chi connectivity index (χ1v) is 6.48. The Morgan fingerprint density at radius 2 is 1.40 bits per heavy atom. The molecule has 2 heteroatoms. The lowest BCUT2D eigenvalue weighted by Crippen LogP contribution is -2.25. The molecule has 0 saturated heterocycles. The molecule has 2 atom stereocenters. The molecule has 0 radical (unpaired) electrons. The average molecular weight is 240 g/mol. The highest BCUT2D eigenvalue weighted by Gasteiger charge is 2.22. The number of hydrogen-bond acceptors (Lipinski definition) is 0. The molecule has 0 fully saturated rings. The molecule has 1 aromatic carbocycles. The molecule has 1 aromatic rings. The summed E-state index contributed by atoms with van der Waals surface area (Å²) in [6.07, 6.45) is 0. The van der Waals surface area contributed by atoms with Gasteiger partial charge in [-0.15, -0.1) is 18.5 Å². The Bertz CT molecular complexity index is 322. The second-order valence-electron chi connectivity index (χ2n) is 5.74. The highest BCUT2D eigenvalue weighted by atomic mass is 31.0. The van der Waals surface area contributed by atoms with Crippen LogP contribution >= 0.6 is 18.5 Å². The van der Waals surface area contributed by atoms with Crippen LogP contribution in [0.3, 0.4) is 0 Å². The second-order valence-corrected chi connectivity index (χ2v) is 7.76. The third kappa shape index (κ3) is 3.02. The van der Waals surface area contributed by atoms with Gasteiger partial charge in [0.05, 0.1) is 0 Å². The zero-order valence-corrected chi connectivity index (χ0v) is 12.7. The normalized spacial score (nSPS) is 13.0. The van der Waals surface area contributed by atoms with E-state index in [0.717, 1.165) is 0 Å². The molecule has 2 unspecified atom stereocenters. The van der Waals surface area contributed by atoms with Crippen LogP contribution in [0.5, 0.6) is 0 Å². The van der Waals surface area contributed by atoms with Crippen LogP contribution in [-0.2, 0) is 10.6 Å². The predicted octanol–water partition coefficient (Wildman–Crippen LogP) is 3.59. The van der Waals surface area contributed by atoms with Crippen LogP contribution in [0.4, 0.5) is 0 Å². The van der Waals surface area contributed by atoms with Crippen LogP contribution in [0.15, 0.2) is 18.2 Å². The van der Waals surface area contributed by atoms with Gasteiger partial charge >= 0.3 is 0 Å². The van der Waals surface area contributed by atoms with E-state index < -0.39 is 0 Å². The molecule has 1 rings (SSSR count). The minimum absolute atomic E-state index is 0.137. The molecular formula is C13H22P2. The first-order chi connectivity index (χ1) is 6.64. The van der Waals surface area contributed by atoms with E-state index in [2.05, 4.69) is 71.3 Å².